The lowest BCUT2D eigenvalue weighted by molar-refractivity contribution is -0.119. The summed E-state index contributed by atoms with van der Waals surface area (Å²) in [5, 5.41) is 3.39. The van der Waals surface area contributed by atoms with Gasteiger partial charge in [-0.1, -0.05) is 19.1 Å². The Kier molecular flexibility index (Phi) is 8.88. The fourth-order valence-electron chi connectivity index (χ4n) is 2.63. The van der Waals surface area contributed by atoms with Gasteiger partial charge in [-0.15, -0.1) is 24.0 Å². The molecular formula is C17H27IN4O2. The molecule has 1 heterocycles. The van der Waals surface area contributed by atoms with Crippen molar-refractivity contribution in [3.05, 3.63) is 29.8 Å². The van der Waals surface area contributed by atoms with Gasteiger partial charge in [-0.05, 0) is 36.5 Å². The van der Waals surface area contributed by atoms with E-state index in [9.17, 15) is 4.79 Å². The zero-order valence-electron chi connectivity index (χ0n) is 14.3. The number of nitrogens with zero attached hydrogens (tertiary/aromatic N) is 2. The molecule has 0 unspecified atom stereocenters. The molecule has 134 valence electrons. The molecule has 0 aromatic heterocycles. The fraction of sp³-hybridized carbons (Fsp3) is 0.529. The van der Waals surface area contributed by atoms with Crippen molar-refractivity contribution >= 4 is 35.8 Å². The summed E-state index contributed by atoms with van der Waals surface area (Å²) in [6.45, 7) is 4.94. The summed E-state index contributed by atoms with van der Waals surface area (Å²) in [6.07, 6.45) is 2.41. The molecule has 1 fully saturated rings. The number of carbonyl (C=O) groups excluding carboxylic acids is 1. The number of nitrogens with one attached hydrogen (secondary N) is 1. The van der Waals surface area contributed by atoms with E-state index in [0.717, 1.165) is 30.5 Å². The first-order valence-corrected chi connectivity index (χ1v) is 8.04. The van der Waals surface area contributed by atoms with Gasteiger partial charge in [0, 0.05) is 26.7 Å². The van der Waals surface area contributed by atoms with Crippen LogP contribution in [-0.2, 0) is 11.3 Å². The second-order valence-electron chi connectivity index (χ2n) is 5.97. The molecule has 0 spiro atoms. The normalized spacial score (nSPS) is 15.6. The van der Waals surface area contributed by atoms with Gasteiger partial charge in [0.15, 0.2) is 12.6 Å². The number of nitrogens with two attached hydrogens (primary N) is 1. The molecule has 1 amide bonds. The summed E-state index contributed by atoms with van der Waals surface area (Å²) < 4.78 is 5.33. The van der Waals surface area contributed by atoms with Crippen molar-refractivity contribution in [2.24, 2.45) is 16.6 Å². The highest BCUT2D eigenvalue weighted by Gasteiger charge is 2.18. The summed E-state index contributed by atoms with van der Waals surface area (Å²) >= 11 is 0. The van der Waals surface area contributed by atoms with E-state index in [2.05, 4.69) is 22.1 Å². The third-order valence-corrected chi connectivity index (χ3v) is 4.03. The third-order valence-electron chi connectivity index (χ3n) is 4.03. The lowest BCUT2D eigenvalue weighted by atomic mass is 10.00. The van der Waals surface area contributed by atoms with Gasteiger partial charge in [-0.2, -0.15) is 0 Å². The summed E-state index contributed by atoms with van der Waals surface area (Å²) in [5.41, 5.74) is 6.16. The Hall–Kier alpha value is -1.51. The summed E-state index contributed by atoms with van der Waals surface area (Å²) in [4.78, 5) is 17.4. The van der Waals surface area contributed by atoms with Crippen LogP contribution in [0, 0.1) is 5.92 Å². The number of likely N-dealkylation sites (tertiary alicyclic amines) is 1. The maximum absolute atomic E-state index is 10.8. The van der Waals surface area contributed by atoms with Crippen LogP contribution in [0.1, 0.15) is 25.3 Å². The smallest absolute Gasteiger partial charge is 0.255 e. The molecule has 6 nitrogen and oxygen atoms in total. The molecule has 1 aromatic rings. The Morgan fingerprint density at radius 1 is 1.42 bits per heavy atom. The lowest BCUT2D eigenvalue weighted by Gasteiger charge is -2.32. The fourth-order valence-corrected chi connectivity index (χ4v) is 2.63. The van der Waals surface area contributed by atoms with Crippen LogP contribution in [0.4, 0.5) is 0 Å². The molecule has 0 atom stereocenters. The van der Waals surface area contributed by atoms with Crippen molar-refractivity contribution in [3.8, 4) is 5.75 Å². The van der Waals surface area contributed by atoms with Crippen LogP contribution in [0.25, 0.3) is 0 Å². The second-order valence-corrected chi connectivity index (χ2v) is 5.97. The molecule has 0 radical (unpaired) electrons. The number of halogens is 1. The van der Waals surface area contributed by atoms with Crippen LogP contribution in [0.15, 0.2) is 29.3 Å². The number of hydrogen-bond acceptors (Lipinski definition) is 3. The minimum absolute atomic E-state index is 0. The van der Waals surface area contributed by atoms with Crippen molar-refractivity contribution in [1.82, 2.24) is 10.2 Å². The maximum atomic E-state index is 10.8. The SMILES string of the molecule is CN=C(NCc1cccc(OCC(N)=O)c1)N1CCC(C)CC1.I. The number of benzene rings is 1. The van der Waals surface area contributed by atoms with E-state index >= 15 is 0 Å². The highest BCUT2D eigenvalue weighted by molar-refractivity contribution is 14.0. The number of guanidine groups is 1. The van der Waals surface area contributed by atoms with Crippen molar-refractivity contribution in [1.29, 1.82) is 0 Å². The van der Waals surface area contributed by atoms with Gasteiger partial charge in [0.25, 0.3) is 5.91 Å². The van der Waals surface area contributed by atoms with Crippen LogP contribution >= 0.6 is 24.0 Å². The van der Waals surface area contributed by atoms with Gasteiger partial charge in [0.05, 0.1) is 0 Å². The van der Waals surface area contributed by atoms with Gasteiger partial charge in [0.2, 0.25) is 0 Å². The average Bonchev–Trinajstić information content (AvgIpc) is 2.55. The molecule has 1 saturated heterocycles. The molecule has 0 bridgehead atoms. The molecule has 1 aliphatic heterocycles. The van der Waals surface area contributed by atoms with Crippen LogP contribution in [0.3, 0.4) is 0 Å². The number of ether oxygens (including phenoxy) is 1. The van der Waals surface area contributed by atoms with E-state index in [-0.39, 0.29) is 30.6 Å². The highest BCUT2D eigenvalue weighted by atomic mass is 127. The van der Waals surface area contributed by atoms with E-state index in [0.29, 0.717) is 12.3 Å². The lowest BCUT2D eigenvalue weighted by Crippen LogP contribution is -2.45. The Morgan fingerprint density at radius 2 is 2.12 bits per heavy atom. The number of rotatable bonds is 5. The average molecular weight is 446 g/mol. The quantitative estimate of drug-likeness (QED) is 0.412. The first-order chi connectivity index (χ1) is 11.1. The van der Waals surface area contributed by atoms with Crippen LogP contribution < -0.4 is 15.8 Å². The number of amides is 1. The van der Waals surface area contributed by atoms with Gasteiger partial charge in [-0.25, -0.2) is 0 Å². The van der Waals surface area contributed by atoms with Gasteiger partial charge < -0.3 is 20.7 Å². The Morgan fingerprint density at radius 3 is 2.75 bits per heavy atom. The Bertz CT molecular complexity index is 557. The molecule has 24 heavy (non-hydrogen) atoms. The number of primary amides is 1. The van der Waals surface area contributed by atoms with E-state index in [1.165, 1.54) is 12.8 Å². The van der Waals surface area contributed by atoms with E-state index in [1.807, 2.05) is 31.3 Å². The third kappa shape index (κ3) is 6.54. The Balaban J connectivity index is 0.00000288. The minimum atomic E-state index is -0.478. The largest absolute Gasteiger partial charge is 0.484 e. The second kappa shape index (κ2) is 10.4. The van der Waals surface area contributed by atoms with E-state index in [4.69, 9.17) is 10.5 Å². The molecule has 3 N–H and O–H groups in total. The van der Waals surface area contributed by atoms with Crippen LogP contribution in [0.5, 0.6) is 5.75 Å². The number of aliphatic imine (C=N–C) groups is 1. The van der Waals surface area contributed by atoms with Gasteiger partial charge in [-0.3, -0.25) is 9.79 Å². The van der Waals surface area contributed by atoms with E-state index in [1.54, 1.807) is 0 Å². The number of hydrogen-bond donors (Lipinski definition) is 2. The van der Waals surface area contributed by atoms with Crippen molar-refractivity contribution in [3.63, 3.8) is 0 Å². The van der Waals surface area contributed by atoms with Gasteiger partial charge >= 0.3 is 0 Å². The topological polar surface area (TPSA) is 80.0 Å². The monoisotopic (exact) mass is 446 g/mol. The molecular weight excluding hydrogens is 419 g/mol. The first-order valence-electron chi connectivity index (χ1n) is 8.04. The van der Waals surface area contributed by atoms with Crippen LogP contribution in [0.2, 0.25) is 0 Å². The maximum Gasteiger partial charge on any atom is 0.255 e. The zero-order chi connectivity index (χ0) is 16.7. The highest BCUT2D eigenvalue weighted by Crippen LogP contribution is 2.16. The number of piperidine rings is 1. The van der Waals surface area contributed by atoms with Crippen molar-refractivity contribution in [2.75, 3.05) is 26.7 Å². The molecule has 7 heteroatoms. The molecule has 2 rings (SSSR count). The standard InChI is InChI=1S/C17H26N4O2.HI/c1-13-6-8-21(9-7-13)17(19-2)20-11-14-4-3-5-15(10-14)23-12-16(18)22;/h3-5,10,13H,6-9,11-12H2,1-2H3,(H2,18,22)(H,19,20);1H. The van der Waals surface area contributed by atoms with E-state index < -0.39 is 5.91 Å². The molecule has 1 aliphatic rings. The minimum Gasteiger partial charge on any atom is -0.484 e. The predicted octanol–water partition coefficient (Wildman–Crippen LogP) is 1.98. The predicted molar refractivity (Wildman–Crippen MR) is 107 cm³/mol. The van der Waals surface area contributed by atoms with Gasteiger partial charge in [0.1, 0.15) is 5.75 Å². The summed E-state index contributed by atoms with van der Waals surface area (Å²) in [6, 6.07) is 7.63. The first kappa shape index (κ1) is 20.5. The summed E-state index contributed by atoms with van der Waals surface area (Å²) in [5.74, 6) is 1.89. The van der Waals surface area contributed by atoms with Crippen molar-refractivity contribution < 1.29 is 9.53 Å². The molecule has 1 aromatic carbocycles. The molecule has 0 saturated carbocycles. The zero-order valence-corrected chi connectivity index (χ0v) is 16.7. The number of carbonyl (C=O) groups is 1. The summed E-state index contributed by atoms with van der Waals surface area (Å²) in [7, 11) is 1.81. The Labute approximate surface area is 160 Å². The van der Waals surface area contributed by atoms with Crippen molar-refractivity contribution in [2.45, 2.75) is 26.3 Å². The van der Waals surface area contributed by atoms with Crippen LogP contribution in [-0.4, -0.2) is 43.5 Å². The molecule has 0 aliphatic carbocycles.